The molecule has 4 aromatic rings. The van der Waals surface area contributed by atoms with Crippen LogP contribution in [-0.4, -0.2) is 37.6 Å². The molecule has 39 heavy (non-hydrogen) atoms. The van der Waals surface area contributed by atoms with Crippen LogP contribution in [0.5, 0.6) is 0 Å². The molecule has 8 rings (SSSR count). The quantitative estimate of drug-likeness (QED) is 0.315. The molecule has 8 heteroatoms. The van der Waals surface area contributed by atoms with Gasteiger partial charge in [-0.1, -0.05) is 42.5 Å². The van der Waals surface area contributed by atoms with Gasteiger partial charge < -0.3 is 15.2 Å². The fourth-order valence-corrected chi connectivity index (χ4v) is 7.45. The fraction of sp³-hybridized carbons (Fsp3) is 0.355. The number of fused-ring (bicyclic) bond motifs is 1. The molecule has 0 atom stereocenters. The Morgan fingerprint density at radius 1 is 0.923 bits per heavy atom. The molecule has 4 fully saturated rings. The van der Waals surface area contributed by atoms with E-state index < -0.39 is 11.9 Å². The second kappa shape index (κ2) is 9.31. The Kier molecular flexibility index (Phi) is 5.74. The van der Waals surface area contributed by atoms with Gasteiger partial charge in [0.1, 0.15) is 5.69 Å². The third-order valence-electron chi connectivity index (χ3n) is 8.75. The smallest absolute Gasteiger partial charge is 0.335 e. The van der Waals surface area contributed by atoms with Crippen LogP contribution >= 0.6 is 0 Å². The molecule has 0 radical (unpaired) electrons. The lowest BCUT2D eigenvalue weighted by molar-refractivity contribution is -0.169. The van der Waals surface area contributed by atoms with Crippen LogP contribution in [0.15, 0.2) is 66.7 Å². The topological polar surface area (TPSA) is 106 Å². The summed E-state index contributed by atoms with van der Waals surface area (Å²) in [6.45, 7) is 0.203. The molecule has 0 saturated heterocycles. The van der Waals surface area contributed by atoms with Crippen LogP contribution < -0.4 is 5.32 Å². The number of carboxylic acid groups (broad SMARTS) is 1. The zero-order valence-electron chi connectivity index (χ0n) is 21.5. The zero-order valence-corrected chi connectivity index (χ0v) is 21.5. The number of ether oxygens (including phenoxy) is 1. The van der Waals surface area contributed by atoms with Crippen molar-refractivity contribution in [2.75, 3.05) is 5.32 Å². The van der Waals surface area contributed by atoms with E-state index in [0.29, 0.717) is 11.4 Å². The van der Waals surface area contributed by atoms with Crippen molar-refractivity contribution in [3.8, 4) is 5.69 Å². The van der Waals surface area contributed by atoms with E-state index in [0.717, 1.165) is 53.5 Å². The number of anilines is 1. The highest BCUT2D eigenvalue weighted by molar-refractivity contribution is 6.04. The summed E-state index contributed by atoms with van der Waals surface area (Å²) in [4.78, 5) is 26.5. The number of nitrogens with one attached hydrogen (secondary N) is 1. The number of aromatic carboxylic acids is 1. The van der Waals surface area contributed by atoms with Gasteiger partial charge in [0, 0.05) is 11.1 Å². The van der Waals surface area contributed by atoms with Crippen molar-refractivity contribution in [1.29, 1.82) is 0 Å². The summed E-state index contributed by atoms with van der Waals surface area (Å²) in [5.74, 6) is 0.719. The number of amides is 1. The largest absolute Gasteiger partial charge is 0.478 e. The van der Waals surface area contributed by atoms with E-state index in [4.69, 9.17) is 9.84 Å². The van der Waals surface area contributed by atoms with Crippen LogP contribution in [0.4, 0.5) is 5.69 Å². The van der Waals surface area contributed by atoms with E-state index in [1.807, 2.05) is 42.5 Å². The number of aromatic nitrogens is 3. The Hall–Kier alpha value is -4.04. The zero-order chi connectivity index (χ0) is 26.6. The maximum Gasteiger partial charge on any atom is 0.335 e. The van der Waals surface area contributed by atoms with Gasteiger partial charge in [0.2, 0.25) is 0 Å². The molecular formula is C31H30N4O4. The Morgan fingerprint density at radius 2 is 1.62 bits per heavy atom. The fourth-order valence-electron chi connectivity index (χ4n) is 7.45. The van der Waals surface area contributed by atoms with Crippen molar-refractivity contribution in [2.45, 2.75) is 50.7 Å². The average molecular weight is 523 g/mol. The number of hydrogen-bond acceptors (Lipinski definition) is 5. The first kappa shape index (κ1) is 24.0. The van der Waals surface area contributed by atoms with Crippen LogP contribution in [0.1, 0.15) is 65.1 Å². The van der Waals surface area contributed by atoms with Gasteiger partial charge in [-0.25, -0.2) is 4.79 Å². The molecule has 0 unspecified atom stereocenters. The lowest BCUT2D eigenvalue weighted by Gasteiger charge is -2.56. The molecule has 4 aliphatic carbocycles. The summed E-state index contributed by atoms with van der Waals surface area (Å²) in [5, 5.41) is 23.6. The van der Waals surface area contributed by atoms with Gasteiger partial charge in [0.15, 0.2) is 5.69 Å². The minimum atomic E-state index is -1.06. The highest BCUT2D eigenvalue weighted by Crippen LogP contribution is 2.57. The number of nitrogens with zero attached hydrogens (tertiary/aromatic N) is 3. The second-order valence-corrected chi connectivity index (χ2v) is 11.5. The molecule has 8 nitrogen and oxygen atoms in total. The van der Waals surface area contributed by atoms with Crippen LogP contribution in [0.3, 0.4) is 0 Å². The van der Waals surface area contributed by atoms with Gasteiger partial charge in [-0.2, -0.15) is 0 Å². The summed E-state index contributed by atoms with van der Waals surface area (Å²) < 4.78 is 6.68. The number of carbonyl (C=O) groups excluding carboxylic acids is 1. The van der Waals surface area contributed by atoms with Crippen molar-refractivity contribution in [1.82, 2.24) is 15.0 Å². The van der Waals surface area contributed by atoms with E-state index in [2.05, 4.69) is 10.4 Å². The molecule has 3 aromatic carbocycles. The van der Waals surface area contributed by atoms with E-state index in [9.17, 15) is 14.7 Å². The minimum absolute atomic E-state index is 0.0950. The first-order chi connectivity index (χ1) is 18.9. The molecule has 198 valence electrons. The van der Waals surface area contributed by atoms with Crippen molar-refractivity contribution in [3.63, 3.8) is 0 Å². The number of rotatable bonds is 7. The Bertz CT molecular complexity index is 1550. The predicted octanol–water partition coefficient (Wildman–Crippen LogP) is 5.86. The number of benzene rings is 3. The lowest BCUT2D eigenvalue weighted by Crippen LogP contribution is -2.51. The normalized spacial score (nSPS) is 25.2. The highest BCUT2D eigenvalue weighted by Gasteiger charge is 2.51. The SMILES string of the molecule is O=C(O)c1cccc(NC(=O)c2nn(-c3cccc4ccccc34)nc2COC23CC4CC(CC(C4)C2)C3)c1. The molecule has 4 aliphatic rings. The summed E-state index contributed by atoms with van der Waals surface area (Å²) in [7, 11) is 0. The molecule has 0 spiro atoms. The summed E-state index contributed by atoms with van der Waals surface area (Å²) >= 11 is 0. The van der Waals surface area contributed by atoms with Crippen molar-refractivity contribution < 1.29 is 19.4 Å². The molecule has 4 saturated carbocycles. The monoisotopic (exact) mass is 522 g/mol. The van der Waals surface area contributed by atoms with Crippen LogP contribution in [-0.2, 0) is 11.3 Å². The van der Waals surface area contributed by atoms with Crippen molar-refractivity contribution in [2.24, 2.45) is 17.8 Å². The number of hydrogen-bond donors (Lipinski definition) is 2. The van der Waals surface area contributed by atoms with Crippen molar-refractivity contribution in [3.05, 3.63) is 83.7 Å². The molecule has 0 aliphatic heterocycles. The van der Waals surface area contributed by atoms with Crippen LogP contribution in [0, 0.1) is 17.8 Å². The molecule has 1 heterocycles. The van der Waals surface area contributed by atoms with E-state index in [1.165, 1.54) is 36.2 Å². The second-order valence-electron chi connectivity index (χ2n) is 11.5. The maximum absolute atomic E-state index is 13.5. The van der Waals surface area contributed by atoms with Gasteiger partial charge >= 0.3 is 5.97 Å². The number of carboxylic acids is 1. The Balaban J connectivity index is 1.22. The third-order valence-corrected chi connectivity index (χ3v) is 8.75. The number of carbonyl (C=O) groups is 2. The first-order valence-corrected chi connectivity index (χ1v) is 13.7. The van der Waals surface area contributed by atoms with Crippen molar-refractivity contribution >= 4 is 28.3 Å². The van der Waals surface area contributed by atoms with E-state index in [1.54, 1.807) is 12.1 Å². The van der Waals surface area contributed by atoms with E-state index in [-0.39, 0.29) is 23.5 Å². The van der Waals surface area contributed by atoms with Crippen LogP contribution in [0.25, 0.3) is 16.5 Å². The molecule has 1 amide bonds. The van der Waals surface area contributed by atoms with Gasteiger partial charge in [0.25, 0.3) is 5.91 Å². The van der Waals surface area contributed by atoms with Crippen LogP contribution in [0.2, 0.25) is 0 Å². The summed E-state index contributed by atoms with van der Waals surface area (Å²) in [5.41, 5.74) is 1.77. The maximum atomic E-state index is 13.5. The van der Waals surface area contributed by atoms with Gasteiger partial charge in [-0.05, 0) is 85.9 Å². The molecular weight excluding hydrogens is 492 g/mol. The Labute approximate surface area is 226 Å². The first-order valence-electron chi connectivity index (χ1n) is 13.7. The molecule has 4 bridgehead atoms. The summed E-state index contributed by atoms with van der Waals surface area (Å²) in [6.07, 6.45) is 7.22. The molecule has 1 aromatic heterocycles. The van der Waals surface area contributed by atoms with E-state index >= 15 is 0 Å². The predicted molar refractivity (Wildman–Crippen MR) is 146 cm³/mol. The lowest BCUT2D eigenvalue weighted by atomic mass is 9.54. The summed E-state index contributed by atoms with van der Waals surface area (Å²) in [6, 6.07) is 20.1. The third kappa shape index (κ3) is 4.48. The standard InChI is InChI=1S/C31H30N4O4/c36-29(32-24-8-3-7-23(14-24)30(37)38)28-26(18-39-31-15-19-11-20(16-31)13-21(12-19)17-31)33-35(34-28)27-10-4-6-22-5-1-2-9-25(22)27/h1-10,14,19-21H,11-13,15-18H2,(H,32,36)(H,37,38). The molecule has 2 N–H and O–H groups in total. The average Bonchev–Trinajstić information content (AvgIpc) is 3.35. The minimum Gasteiger partial charge on any atom is -0.478 e. The van der Waals surface area contributed by atoms with Gasteiger partial charge in [-0.15, -0.1) is 15.0 Å². The van der Waals surface area contributed by atoms with Gasteiger partial charge in [0.05, 0.1) is 23.5 Å². The Morgan fingerprint density at radius 3 is 2.36 bits per heavy atom. The highest BCUT2D eigenvalue weighted by atomic mass is 16.5. The van der Waals surface area contributed by atoms with Gasteiger partial charge in [-0.3, -0.25) is 4.79 Å².